The van der Waals surface area contributed by atoms with E-state index in [9.17, 15) is 0 Å². The summed E-state index contributed by atoms with van der Waals surface area (Å²) in [5, 5.41) is 0. The van der Waals surface area contributed by atoms with Gasteiger partial charge in [0.2, 0.25) is 0 Å². The van der Waals surface area contributed by atoms with Crippen LogP contribution in [0.25, 0.3) is 0 Å². The van der Waals surface area contributed by atoms with Gasteiger partial charge in [-0.05, 0) is 49.7 Å². The Kier molecular flexibility index (Phi) is 7.94. The summed E-state index contributed by atoms with van der Waals surface area (Å²) in [6, 6.07) is 4.75. The minimum Gasteiger partial charge on any atom is -0.0855 e. The fourth-order valence-corrected chi connectivity index (χ4v) is 2.83. The van der Waals surface area contributed by atoms with E-state index in [4.69, 9.17) is 0 Å². The molecule has 0 unspecified atom stereocenters. The van der Waals surface area contributed by atoms with E-state index in [-0.39, 0.29) is 0 Å². The number of benzene rings is 1. The van der Waals surface area contributed by atoms with Crippen molar-refractivity contribution < 1.29 is 0 Å². The Morgan fingerprint density at radius 1 is 0.737 bits per heavy atom. The molecule has 1 rings (SSSR count). The zero-order valence-corrected chi connectivity index (χ0v) is 13.5. The van der Waals surface area contributed by atoms with Gasteiger partial charge in [-0.1, -0.05) is 63.2 Å². The summed E-state index contributed by atoms with van der Waals surface area (Å²) in [6.07, 6.45) is 11.7. The third-order valence-corrected chi connectivity index (χ3v) is 4.12. The molecule has 0 amide bonds. The van der Waals surface area contributed by atoms with Gasteiger partial charge in [-0.25, -0.2) is 0 Å². The molecule has 0 spiro atoms. The predicted molar refractivity (Wildman–Crippen MR) is 90.5 cm³/mol. The Balaban J connectivity index is 3.00. The molecule has 0 nitrogen and oxygen atoms in total. The lowest BCUT2D eigenvalue weighted by Gasteiger charge is -2.18. The average Bonchev–Trinajstić information content (AvgIpc) is 2.42. The predicted octanol–water partition coefficient (Wildman–Crippen LogP) is 3.97. The summed E-state index contributed by atoms with van der Waals surface area (Å²) < 4.78 is 0. The SMILES string of the molecule is Bc1ccc(CCCC)c(CCCC)c1CCCC. The molecule has 0 aliphatic rings. The van der Waals surface area contributed by atoms with Gasteiger partial charge in [0.25, 0.3) is 0 Å². The summed E-state index contributed by atoms with van der Waals surface area (Å²) in [5.41, 5.74) is 6.51. The van der Waals surface area contributed by atoms with E-state index in [1.807, 2.05) is 0 Å². The van der Waals surface area contributed by atoms with Gasteiger partial charge >= 0.3 is 0 Å². The molecular formula is C18H31B. The Bertz CT molecular complexity index is 368. The smallest absolute Gasteiger partial charge is 0.0855 e. The summed E-state index contributed by atoms with van der Waals surface area (Å²) in [4.78, 5) is 0. The van der Waals surface area contributed by atoms with E-state index in [1.165, 1.54) is 63.3 Å². The Labute approximate surface area is 121 Å². The maximum atomic E-state index is 2.39. The fraction of sp³-hybridized carbons (Fsp3) is 0.667. The highest BCUT2D eigenvalue weighted by Gasteiger charge is 2.10. The number of unbranched alkanes of at least 4 members (excludes halogenated alkanes) is 3. The standard InChI is InChI=1S/C18H31B/c1-4-7-10-15-13-14-18(19)17(12-9-6-3)16(15)11-8-5-2/h13-14H,4-12,19H2,1-3H3. The lowest BCUT2D eigenvalue weighted by molar-refractivity contribution is 0.737. The van der Waals surface area contributed by atoms with E-state index in [2.05, 4.69) is 40.8 Å². The molecule has 0 bridgehead atoms. The molecule has 1 heteroatoms. The molecular weight excluding hydrogens is 227 g/mol. The topological polar surface area (TPSA) is 0 Å². The van der Waals surface area contributed by atoms with Gasteiger partial charge < -0.3 is 0 Å². The van der Waals surface area contributed by atoms with Crippen molar-refractivity contribution in [1.82, 2.24) is 0 Å². The second-order valence-corrected chi connectivity index (χ2v) is 5.81. The van der Waals surface area contributed by atoms with Gasteiger partial charge in [0.1, 0.15) is 7.85 Å². The first-order valence-electron chi connectivity index (χ1n) is 8.34. The van der Waals surface area contributed by atoms with Crippen LogP contribution >= 0.6 is 0 Å². The Morgan fingerprint density at radius 2 is 1.26 bits per heavy atom. The Morgan fingerprint density at radius 3 is 1.84 bits per heavy atom. The largest absolute Gasteiger partial charge is 0.139 e. The summed E-state index contributed by atoms with van der Waals surface area (Å²) in [5.74, 6) is 0. The van der Waals surface area contributed by atoms with Crippen LogP contribution in [0.4, 0.5) is 0 Å². The van der Waals surface area contributed by atoms with Crippen LogP contribution in [0.2, 0.25) is 0 Å². The van der Waals surface area contributed by atoms with Crippen molar-refractivity contribution >= 4 is 13.3 Å². The first kappa shape index (κ1) is 16.3. The van der Waals surface area contributed by atoms with Crippen molar-refractivity contribution in [3.8, 4) is 0 Å². The minimum absolute atomic E-state index is 1.27. The Hall–Kier alpha value is -0.715. The van der Waals surface area contributed by atoms with Crippen LogP contribution in [-0.4, -0.2) is 7.85 Å². The van der Waals surface area contributed by atoms with Crippen molar-refractivity contribution in [1.29, 1.82) is 0 Å². The normalized spacial score (nSPS) is 10.9. The number of aryl methyl sites for hydroxylation is 1. The van der Waals surface area contributed by atoms with Crippen LogP contribution in [0.5, 0.6) is 0 Å². The third kappa shape index (κ3) is 5.05. The van der Waals surface area contributed by atoms with Gasteiger partial charge in [0.15, 0.2) is 0 Å². The zero-order valence-electron chi connectivity index (χ0n) is 13.5. The first-order valence-corrected chi connectivity index (χ1v) is 8.34. The molecule has 0 radical (unpaired) electrons. The molecule has 0 N–H and O–H groups in total. The van der Waals surface area contributed by atoms with Gasteiger partial charge in [0.05, 0.1) is 0 Å². The highest BCUT2D eigenvalue weighted by Crippen LogP contribution is 2.20. The summed E-state index contributed by atoms with van der Waals surface area (Å²) >= 11 is 0. The average molecular weight is 258 g/mol. The van der Waals surface area contributed by atoms with Crippen LogP contribution in [0.1, 0.15) is 76.0 Å². The quantitative estimate of drug-likeness (QED) is 0.588. The molecule has 1 aromatic carbocycles. The maximum Gasteiger partial charge on any atom is 0.139 e. The van der Waals surface area contributed by atoms with Gasteiger partial charge in [-0.2, -0.15) is 0 Å². The van der Waals surface area contributed by atoms with Crippen molar-refractivity contribution in [2.45, 2.75) is 78.6 Å². The fourth-order valence-electron chi connectivity index (χ4n) is 2.83. The van der Waals surface area contributed by atoms with E-state index in [0.29, 0.717) is 0 Å². The van der Waals surface area contributed by atoms with E-state index >= 15 is 0 Å². The van der Waals surface area contributed by atoms with Crippen molar-refractivity contribution in [3.05, 3.63) is 28.8 Å². The van der Waals surface area contributed by atoms with Crippen molar-refractivity contribution in [2.24, 2.45) is 0 Å². The van der Waals surface area contributed by atoms with E-state index in [0.717, 1.165) is 0 Å². The van der Waals surface area contributed by atoms with Gasteiger partial charge in [0, 0.05) is 0 Å². The molecule has 0 saturated heterocycles. The van der Waals surface area contributed by atoms with Crippen LogP contribution in [-0.2, 0) is 19.3 Å². The molecule has 19 heavy (non-hydrogen) atoms. The van der Waals surface area contributed by atoms with Crippen LogP contribution in [0.3, 0.4) is 0 Å². The monoisotopic (exact) mass is 258 g/mol. The van der Waals surface area contributed by atoms with Crippen LogP contribution < -0.4 is 5.46 Å². The van der Waals surface area contributed by atoms with Crippen molar-refractivity contribution in [2.75, 3.05) is 0 Å². The minimum atomic E-state index is 1.27. The number of rotatable bonds is 9. The third-order valence-electron chi connectivity index (χ3n) is 4.12. The van der Waals surface area contributed by atoms with E-state index < -0.39 is 0 Å². The van der Waals surface area contributed by atoms with Crippen molar-refractivity contribution in [3.63, 3.8) is 0 Å². The molecule has 0 aromatic heterocycles. The molecule has 0 saturated carbocycles. The highest BCUT2D eigenvalue weighted by molar-refractivity contribution is 6.33. The second kappa shape index (κ2) is 9.23. The molecule has 0 aliphatic carbocycles. The molecule has 0 aliphatic heterocycles. The molecule has 0 fully saturated rings. The zero-order chi connectivity index (χ0) is 14.1. The molecule has 1 aromatic rings. The van der Waals surface area contributed by atoms with Gasteiger partial charge in [-0.15, -0.1) is 0 Å². The molecule has 0 atom stereocenters. The van der Waals surface area contributed by atoms with Gasteiger partial charge in [-0.3, -0.25) is 0 Å². The van der Waals surface area contributed by atoms with Crippen LogP contribution in [0.15, 0.2) is 12.1 Å². The highest BCUT2D eigenvalue weighted by atomic mass is 14.1. The van der Waals surface area contributed by atoms with E-state index in [1.54, 1.807) is 16.7 Å². The lowest BCUT2D eigenvalue weighted by atomic mass is 9.81. The summed E-state index contributed by atoms with van der Waals surface area (Å²) in [6.45, 7) is 6.88. The maximum absolute atomic E-state index is 2.39. The lowest BCUT2D eigenvalue weighted by Crippen LogP contribution is -2.16. The van der Waals surface area contributed by atoms with Crippen LogP contribution in [0, 0.1) is 0 Å². The molecule has 0 heterocycles. The summed E-state index contributed by atoms with van der Waals surface area (Å²) in [7, 11) is 2.30. The molecule has 106 valence electrons. The number of hydrogen-bond acceptors (Lipinski definition) is 0. The second-order valence-electron chi connectivity index (χ2n) is 5.81. The number of hydrogen-bond donors (Lipinski definition) is 0. The first-order chi connectivity index (χ1) is 9.24.